The second-order valence-corrected chi connectivity index (χ2v) is 2.07. The third-order valence-electron chi connectivity index (χ3n) is 1.30. The Morgan fingerprint density at radius 1 is 1.69 bits per heavy atom. The van der Waals surface area contributed by atoms with E-state index in [0.717, 1.165) is 6.07 Å². The number of carbonyl (C=O) groups excluding carboxylic acids is 1. The van der Waals surface area contributed by atoms with Gasteiger partial charge in [0.1, 0.15) is 0 Å². The molecule has 0 radical (unpaired) electrons. The quantitative estimate of drug-likeness (QED) is 0.384. The van der Waals surface area contributed by atoms with E-state index in [2.05, 4.69) is 4.98 Å². The van der Waals surface area contributed by atoms with Crippen molar-refractivity contribution in [3.63, 3.8) is 0 Å². The van der Waals surface area contributed by atoms with E-state index in [1.54, 1.807) is 0 Å². The van der Waals surface area contributed by atoms with Gasteiger partial charge in [-0.1, -0.05) is 0 Å². The van der Waals surface area contributed by atoms with E-state index in [-0.39, 0.29) is 0 Å². The van der Waals surface area contributed by atoms with Gasteiger partial charge in [-0.15, -0.1) is 0 Å². The van der Waals surface area contributed by atoms with Crippen molar-refractivity contribution in [2.24, 2.45) is 0 Å². The number of hydrogen-bond acceptors (Lipinski definition) is 5. The number of aromatic nitrogens is 1. The van der Waals surface area contributed by atoms with Crippen LogP contribution in [-0.2, 0) is 0 Å². The summed E-state index contributed by atoms with van der Waals surface area (Å²) in [5.41, 5.74) is 0.399. The number of hydroxylamine groups is 1. The van der Waals surface area contributed by atoms with Crippen LogP contribution < -0.4 is 5.48 Å². The van der Waals surface area contributed by atoms with Crippen LogP contribution in [0, 0.1) is 10.1 Å². The first-order valence-electron chi connectivity index (χ1n) is 3.20. The molecule has 2 N–H and O–H groups in total. The number of nitro groups is 1. The first-order valence-corrected chi connectivity index (χ1v) is 3.20. The topological polar surface area (TPSA) is 105 Å². The van der Waals surface area contributed by atoms with Crippen molar-refractivity contribution in [2.75, 3.05) is 0 Å². The van der Waals surface area contributed by atoms with Gasteiger partial charge in [0.2, 0.25) is 5.69 Å². The zero-order valence-electron chi connectivity index (χ0n) is 6.30. The molecule has 1 aromatic heterocycles. The minimum absolute atomic E-state index is 0.421. The van der Waals surface area contributed by atoms with Gasteiger partial charge in [0.25, 0.3) is 5.91 Å². The Morgan fingerprint density at radius 3 is 2.92 bits per heavy atom. The van der Waals surface area contributed by atoms with Gasteiger partial charge in [-0.3, -0.25) is 20.1 Å². The summed E-state index contributed by atoms with van der Waals surface area (Å²) in [6.07, 6.45) is 1.22. The molecule has 7 nitrogen and oxygen atoms in total. The molecular formula is C6H5N3O4. The summed E-state index contributed by atoms with van der Waals surface area (Å²) in [6, 6.07) is 2.45. The molecule has 0 aliphatic rings. The summed E-state index contributed by atoms with van der Waals surface area (Å²) in [5, 5.41) is 18.6. The largest absolute Gasteiger partial charge is 0.300 e. The van der Waals surface area contributed by atoms with Crippen LogP contribution in [0.25, 0.3) is 0 Å². The maximum Gasteiger partial charge on any atom is 0.300 e. The Hall–Kier alpha value is -2.02. The van der Waals surface area contributed by atoms with Crippen molar-refractivity contribution in [3.8, 4) is 0 Å². The van der Waals surface area contributed by atoms with Crippen LogP contribution in [0.4, 0.5) is 5.69 Å². The lowest BCUT2D eigenvalue weighted by molar-refractivity contribution is -0.385. The van der Waals surface area contributed by atoms with Gasteiger partial charge in [-0.05, 0) is 6.07 Å². The summed E-state index contributed by atoms with van der Waals surface area (Å²) >= 11 is 0. The van der Waals surface area contributed by atoms with Gasteiger partial charge in [-0.25, -0.2) is 10.5 Å². The van der Waals surface area contributed by atoms with E-state index in [1.165, 1.54) is 17.7 Å². The van der Waals surface area contributed by atoms with E-state index in [9.17, 15) is 14.9 Å². The molecule has 0 aromatic carbocycles. The molecule has 68 valence electrons. The predicted octanol–water partition coefficient (Wildman–Crippen LogP) is 0.109. The lowest BCUT2D eigenvalue weighted by atomic mass is 10.3. The van der Waals surface area contributed by atoms with E-state index in [0.29, 0.717) is 0 Å². The molecule has 0 bridgehead atoms. The highest BCUT2D eigenvalue weighted by Gasteiger charge is 2.20. The molecule has 0 saturated heterocycles. The molecule has 1 amide bonds. The molecule has 0 aliphatic heterocycles. The lowest BCUT2D eigenvalue weighted by Crippen LogP contribution is -2.21. The first kappa shape index (κ1) is 9.07. The minimum Gasteiger partial charge on any atom is -0.288 e. The van der Waals surface area contributed by atoms with Crippen molar-refractivity contribution >= 4 is 11.6 Å². The van der Waals surface area contributed by atoms with Crippen LogP contribution in [0.15, 0.2) is 18.3 Å². The van der Waals surface area contributed by atoms with E-state index in [1.807, 2.05) is 0 Å². The van der Waals surface area contributed by atoms with Crippen LogP contribution in [0.2, 0.25) is 0 Å². The fraction of sp³-hybridized carbons (Fsp3) is 0. The van der Waals surface area contributed by atoms with Crippen LogP contribution in [0.3, 0.4) is 0 Å². The average molecular weight is 183 g/mol. The van der Waals surface area contributed by atoms with Crippen molar-refractivity contribution in [1.29, 1.82) is 0 Å². The third kappa shape index (κ3) is 1.76. The maximum atomic E-state index is 10.8. The predicted molar refractivity (Wildman–Crippen MR) is 40.1 cm³/mol. The zero-order valence-corrected chi connectivity index (χ0v) is 6.30. The molecule has 1 rings (SSSR count). The summed E-state index contributed by atoms with van der Waals surface area (Å²) in [5.74, 6) is -1.01. The Balaban J connectivity index is 3.19. The van der Waals surface area contributed by atoms with Crippen molar-refractivity contribution < 1.29 is 14.9 Å². The van der Waals surface area contributed by atoms with Gasteiger partial charge >= 0.3 is 5.69 Å². The average Bonchev–Trinajstić information content (AvgIpc) is 2.16. The van der Waals surface area contributed by atoms with Crippen LogP contribution >= 0.6 is 0 Å². The fourth-order valence-electron chi connectivity index (χ4n) is 0.772. The molecular weight excluding hydrogens is 178 g/mol. The Morgan fingerprint density at radius 2 is 2.38 bits per heavy atom. The number of nitrogens with one attached hydrogen (secondary N) is 1. The molecule has 13 heavy (non-hydrogen) atoms. The second kappa shape index (κ2) is 3.59. The molecule has 1 heterocycles. The molecule has 7 heteroatoms. The van der Waals surface area contributed by atoms with Gasteiger partial charge < -0.3 is 0 Å². The Kier molecular flexibility index (Phi) is 2.50. The van der Waals surface area contributed by atoms with Gasteiger partial charge in [0.15, 0.2) is 0 Å². The first-order chi connectivity index (χ1) is 6.16. The SMILES string of the molecule is O=C(NO)c1ncccc1[N+](=O)[O-]. The number of pyridine rings is 1. The van der Waals surface area contributed by atoms with Gasteiger partial charge in [-0.2, -0.15) is 0 Å². The summed E-state index contributed by atoms with van der Waals surface area (Å²) in [4.78, 5) is 23.9. The van der Waals surface area contributed by atoms with Crippen LogP contribution in [0.5, 0.6) is 0 Å². The highest BCUT2D eigenvalue weighted by molar-refractivity contribution is 5.95. The van der Waals surface area contributed by atoms with Crippen LogP contribution in [0.1, 0.15) is 10.5 Å². The second-order valence-electron chi connectivity index (χ2n) is 2.07. The standard InChI is InChI=1S/C6H5N3O4/c10-6(8-11)5-4(9(12)13)2-1-3-7-5/h1-3,11H,(H,8,10). The Labute approximate surface area is 72.1 Å². The van der Waals surface area contributed by atoms with Gasteiger partial charge in [0.05, 0.1) is 4.92 Å². The molecule has 0 aliphatic carbocycles. The van der Waals surface area contributed by atoms with E-state index < -0.39 is 22.2 Å². The number of amides is 1. The smallest absolute Gasteiger partial charge is 0.288 e. The van der Waals surface area contributed by atoms with Crippen molar-refractivity contribution in [2.45, 2.75) is 0 Å². The number of nitrogens with zero attached hydrogens (tertiary/aromatic N) is 2. The highest BCUT2D eigenvalue weighted by atomic mass is 16.6. The fourth-order valence-corrected chi connectivity index (χ4v) is 0.772. The third-order valence-corrected chi connectivity index (χ3v) is 1.30. The monoisotopic (exact) mass is 183 g/mol. The number of hydrogen-bond donors (Lipinski definition) is 2. The molecule has 0 saturated carbocycles. The van der Waals surface area contributed by atoms with Crippen LogP contribution in [-0.4, -0.2) is 21.0 Å². The summed E-state index contributed by atoms with van der Waals surface area (Å²) < 4.78 is 0. The number of carbonyl (C=O) groups is 1. The van der Waals surface area contributed by atoms with Crippen molar-refractivity contribution in [1.82, 2.24) is 10.5 Å². The lowest BCUT2D eigenvalue weighted by Gasteiger charge is -1.97. The highest BCUT2D eigenvalue weighted by Crippen LogP contribution is 2.13. The molecule has 0 fully saturated rings. The van der Waals surface area contributed by atoms with E-state index in [4.69, 9.17) is 5.21 Å². The molecule has 1 aromatic rings. The molecule has 0 spiro atoms. The Bertz CT molecular complexity index is 351. The van der Waals surface area contributed by atoms with E-state index >= 15 is 0 Å². The molecule has 0 atom stereocenters. The minimum atomic E-state index is -1.01. The molecule has 0 unspecified atom stereocenters. The summed E-state index contributed by atoms with van der Waals surface area (Å²) in [7, 11) is 0. The van der Waals surface area contributed by atoms with Gasteiger partial charge in [0, 0.05) is 12.3 Å². The van der Waals surface area contributed by atoms with Crippen molar-refractivity contribution in [3.05, 3.63) is 34.1 Å². The maximum absolute atomic E-state index is 10.8. The summed E-state index contributed by atoms with van der Waals surface area (Å²) in [6.45, 7) is 0. The zero-order chi connectivity index (χ0) is 9.84. The normalized spacial score (nSPS) is 9.31. The number of rotatable bonds is 2.